The Labute approximate surface area is 129 Å². The fourth-order valence-corrected chi connectivity index (χ4v) is 2.26. The Morgan fingerprint density at radius 1 is 1.19 bits per heavy atom. The van der Waals surface area contributed by atoms with Crippen LogP contribution < -0.4 is 15.4 Å². The summed E-state index contributed by atoms with van der Waals surface area (Å²) in [4.78, 5) is 12.0. The van der Waals surface area contributed by atoms with Crippen LogP contribution in [0.2, 0.25) is 5.02 Å². The second-order valence-electron chi connectivity index (χ2n) is 4.53. The molecule has 2 rings (SSSR count). The second kappa shape index (κ2) is 6.99. The Morgan fingerprint density at radius 3 is 2.67 bits per heavy atom. The molecule has 110 valence electrons. The maximum atomic E-state index is 12.0. The maximum Gasteiger partial charge on any atom is 0.243 e. The van der Waals surface area contributed by atoms with Gasteiger partial charge in [-0.15, -0.1) is 0 Å². The Balaban J connectivity index is 1.99. The lowest BCUT2D eigenvalue weighted by molar-refractivity contribution is -0.114. The Hall–Kier alpha value is -2.20. The minimum Gasteiger partial charge on any atom is -0.495 e. The summed E-state index contributed by atoms with van der Waals surface area (Å²) >= 11 is 6.11. The van der Waals surface area contributed by atoms with Crippen molar-refractivity contribution in [2.75, 3.05) is 24.3 Å². The zero-order valence-corrected chi connectivity index (χ0v) is 12.7. The standard InChI is InChI=1S/C16H17ClN2O2/c1-11-6-5-7-12(17)16(11)18-10-15(20)19-13-8-3-4-9-14(13)21-2/h3-9,18H,10H2,1-2H3,(H,19,20). The molecule has 0 fully saturated rings. The van der Waals surface area contributed by atoms with E-state index in [2.05, 4.69) is 10.6 Å². The van der Waals surface area contributed by atoms with E-state index in [1.807, 2.05) is 31.2 Å². The molecule has 0 atom stereocenters. The van der Waals surface area contributed by atoms with Gasteiger partial charge in [-0.25, -0.2) is 0 Å². The monoisotopic (exact) mass is 304 g/mol. The summed E-state index contributed by atoms with van der Waals surface area (Å²) in [7, 11) is 1.57. The van der Waals surface area contributed by atoms with E-state index < -0.39 is 0 Å². The Kier molecular flexibility index (Phi) is 5.06. The molecule has 0 aliphatic carbocycles. The summed E-state index contributed by atoms with van der Waals surface area (Å²) in [6, 6.07) is 12.9. The molecule has 0 spiro atoms. The summed E-state index contributed by atoms with van der Waals surface area (Å²) < 4.78 is 5.19. The highest BCUT2D eigenvalue weighted by molar-refractivity contribution is 6.33. The molecule has 2 aromatic carbocycles. The lowest BCUT2D eigenvalue weighted by Crippen LogP contribution is -2.22. The highest BCUT2D eigenvalue weighted by Gasteiger charge is 2.08. The van der Waals surface area contributed by atoms with E-state index in [-0.39, 0.29) is 12.5 Å². The van der Waals surface area contributed by atoms with Crippen molar-refractivity contribution in [3.63, 3.8) is 0 Å². The first-order valence-electron chi connectivity index (χ1n) is 6.53. The van der Waals surface area contributed by atoms with E-state index in [0.717, 1.165) is 11.3 Å². The minimum atomic E-state index is -0.168. The number of para-hydroxylation sites is 3. The third-order valence-corrected chi connectivity index (χ3v) is 3.34. The summed E-state index contributed by atoms with van der Waals surface area (Å²) in [5.41, 5.74) is 2.41. The van der Waals surface area contributed by atoms with Crippen LogP contribution in [0.25, 0.3) is 0 Å². The molecule has 2 aromatic rings. The van der Waals surface area contributed by atoms with Gasteiger partial charge < -0.3 is 15.4 Å². The number of hydrogen-bond donors (Lipinski definition) is 2. The molecule has 0 unspecified atom stereocenters. The fraction of sp³-hybridized carbons (Fsp3) is 0.188. The third kappa shape index (κ3) is 3.89. The van der Waals surface area contributed by atoms with Gasteiger partial charge in [0.05, 0.1) is 30.1 Å². The van der Waals surface area contributed by atoms with Crippen LogP contribution in [0.5, 0.6) is 5.75 Å². The average molecular weight is 305 g/mol. The van der Waals surface area contributed by atoms with E-state index in [4.69, 9.17) is 16.3 Å². The number of nitrogens with one attached hydrogen (secondary N) is 2. The van der Waals surface area contributed by atoms with E-state index in [1.54, 1.807) is 25.3 Å². The van der Waals surface area contributed by atoms with Gasteiger partial charge in [-0.05, 0) is 30.7 Å². The predicted molar refractivity (Wildman–Crippen MR) is 86.3 cm³/mol. The van der Waals surface area contributed by atoms with Crippen molar-refractivity contribution < 1.29 is 9.53 Å². The first kappa shape index (κ1) is 15.2. The molecule has 0 aromatic heterocycles. The van der Waals surface area contributed by atoms with Crippen molar-refractivity contribution >= 4 is 28.9 Å². The molecular formula is C16H17ClN2O2. The van der Waals surface area contributed by atoms with Crippen molar-refractivity contribution in [2.24, 2.45) is 0 Å². The number of carbonyl (C=O) groups excluding carboxylic acids is 1. The zero-order chi connectivity index (χ0) is 15.2. The minimum absolute atomic E-state index is 0.128. The van der Waals surface area contributed by atoms with E-state index in [1.165, 1.54) is 0 Å². The van der Waals surface area contributed by atoms with Crippen LogP contribution in [0, 0.1) is 6.92 Å². The van der Waals surface area contributed by atoms with Crippen LogP contribution in [0.15, 0.2) is 42.5 Å². The van der Waals surface area contributed by atoms with Crippen molar-refractivity contribution in [1.82, 2.24) is 0 Å². The van der Waals surface area contributed by atoms with Crippen molar-refractivity contribution in [3.05, 3.63) is 53.1 Å². The first-order valence-corrected chi connectivity index (χ1v) is 6.91. The van der Waals surface area contributed by atoms with Gasteiger partial charge in [0.15, 0.2) is 0 Å². The number of carbonyl (C=O) groups is 1. The van der Waals surface area contributed by atoms with E-state index in [9.17, 15) is 4.79 Å². The molecule has 5 heteroatoms. The average Bonchev–Trinajstić information content (AvgIpc) is 2.47. The maximum absolute atomic E-state index is 12.0. The van der Waals surface area contributed by atoms with Crippen LogP contribution in [0.4, 0.5) is 11.4 Å². The summed E-state index contributed by atoms with van der Waals surface area (Å²) in [5.74, 6) is 0.457. The highest BCUT2D eigenvalue weighted by Crippen LogP contribution is 2.25. The zero-order valence-electron chi connectivity index (χ0n) is 11.9. The number of anilines is 2. The third-order valence-electron chi connectivity index (χ3n) is 3.03. The number of methoxy groups -OCH3 is 1. The summed E-state index contributed by atoms with van der Waals surface area (Å²) in [5, 5.41) is 6.45. The lowest BCUT2D eigenvalue weighted by atomic mass is 10.2. The number of benzene rings is 2. The molecule has 0 saturated carbocycles. The number of halogens is 1. The number of rotatable bonds is 5. The highest BCUT2D eigenvalue weighted by atomic mass is 35.5. The normalized spacial score (nSPS) is 10.0. The molecule has 0 aliphatic heterocycles. The second-order valence-corrected chi connectivity index (χ2v) is 4.94. The van der Waals surface area contributed by atoms with Crippen LogP contribution >= 0.6 is 11.6 Å². The molecule has 0 bridgehead atoms. The van der Waals surface area contributed by atoms with Gasteiger partial charge in [0, 0.05) is 0 Å². The molecular weight excluding hydrogens is 288 g/mol. The largest absolute Gasteiger partial charge is 0.495 e. The van der Waals surface area contributed by atoms with Gasteiger partial charge in [-0.2, -0.15) is 0 Å². The van der Waals surface area contributed by atoms with Gasteiger partial charge in [-0.3, -0.25) is 4.79 Å². The topological polar surface area (TPSA) is 50.4 Å². The van der Waals surface area contributed by atoms with E-state index >= 15 is 0 Å². The Bertz CT molecular complexity index is 624. The molecule has 4 nitrogen and oxygen atoms in total. The number of hydrogen-bond acceptors (Lipinski definition) is 3. The van der Waals surface area contributed by atoms with Gasteiger partial charge in [-0.1, -0.05) is 35.9 Å². The summed E-state index contributed by atoms with van der Waals surface area (Å²) in [6.07, 6.45) is 0. The number of ether oxygens (including phenoxy) is 1. The Morgan fingerprint density at radius 2 is 1.95 bits per heavy atom. The smallest absolute Gasteiger partial charge is 0.243 e. The fourth-order valence-electron chi connectivity index (χ4n) is 1.97. The molecule has 2 N–H and O–H groups in total. The van der Waals surface area contributed by atoms with E-state index in [0.29, 0.717) is 16.5 Å². The first-order chi connectivity index (χ1) is 10.1. The molecule has 1 amide bonds. The van der Waals surface area contributed by atoms with Gasteiger partial charge in [0.25, 0.3) is 0 Å². The van der Waals surface area contributed by atoms with Gasteiger partial charge in [0.1, 0.15) is 5.75 Å². The molecule has 0 heterocycles. The van der Waals surface area contributed by atoms with Crippen LogP contribution in [-0.4, -0.2) is 19.6 Å². The quantitative estimate of drug-likeness (QED) is 0.885. The predicted octanol–water partition coefficient (Wildman–Crippen LogP) is 3.71. The molecule has 0 aliphatic rings. The summed E-state index contributed by atoms with van der Waals surface area (Å²) in [6.45, 7) is 2.06. The molecule has 0 saturated heterocycles. The lowest BCUT2D eigenvalue weighted by Gasteiger charge is -2.13. The van der Waals surface area contributed by atoms with Gasteiger partial charge in [0.2, 0.25) is 5.91 Å². The van der Waals surface area contributed by atoms with Crippen LogP contribution in [0.1, 0.15) is 5.56 Å². The molecule has 21 heavy (non-hydrogen) atoms. The van der Waals surface area contributed by atoms with Crippen molar-refractivity contribution in [2.45, 2.75) is 6.92 Å². The van der Waals surface area contributed by atoms with Gasteiger partial charge >= 0.3 is 0 Å². The van der Waals surface area contributed by atoms with Crippen LogP contribution in [-0.2, 0) is 4.79 Å². The SMILES string of the molecule is COc1ccccc1NC(=O)CNc1c(C)cccc1Cl. The van der Waals surface area contributed by atoms with Crippen molar-refractivity contribution in [3.8, 4) is 5.75 Å². The number of aryl methyl sites for hydroxylation is 1. The van der Waals surface area contributed by atoms with Crippen molar-refractivity contribution in [1.29, 1.82) is 0 Å². The molecule has 0 radical (unpaired) electrons. The number of amides is 1. The van der Waals surface area contributed by atoms with Crippen LogP contribution in [0.3, 0.4) is 0 Å².